The van der Waals surface area contributed by atoms with Gasteiger partial charge in [0.15, 0.2) is 5.78 Å². The Labute approximate surface area is 321 Å². The number of hydrogen-bond acceptors (Lipinski definition) is 6. The highest BCUT2D eigenvalue weighted by molar-refractivity contribution is 7.22. The number of ketones is 1. The predicted octanol–water partition coefficient (Wildman–Crippen LogP) is 11.4. The lowest BCUT2D eigenvalue weighted by Crippen LogP contribution is -2.33. The van der Waals surface area contributed by atoms with Gasteiger partial charge in [0.25, 0.3) is 0 Å². The second kappa shape index (κ2) is 17.7. The fourth-order valence-electron chi connectivity index (χ4n) is 6.73. The first-order valence-corrected chi connectivity index (χ1v) is 19.3. The lowest BCUT2D eigenvalue weighted by Gasteiger charge is -2.26. The molecule has 6 heteroatoms. The summed E-state index contributed by atoms with van der Waals surface area (Å²) in [7, 11) is 0. The molecule has 1 aromatic heterocycles. The van der Waals surface area contributed by atoms with E-state index in [-0.39, 0.29) is 17.3 Å². The van der Waals surface area contributed by atoms with E-state index in [1.807, 2.05) is 30.3 Å². The minimum absolute atomic E-state index is 0.0834. The van der Waals surface area contributed by atoms with Crippen LogP contribution < -0.4 is 4.74 Å². The van der Waals surface area contributed by atoms with E-state index in [2.05, 4.69) is 95.9 Å². The number of fused-ring (bicyclic) bond motifs is 1. The number of ether oxygens (including phenoxy) is 1. The van der Waals surface area contributed by atoms with Gasteiger partial charge in [-0.3, -0.25) is 9.69 Å². The van der Waals surface area contributed by atoms with E-state index in [9.17, 15) is 15.0 Å². The third-order valence-electron chi connectivity index (χ3n) is 9.55. The number of hydrogen-bond donors (Lipinski definition) is 2. The van der Waals surface area contributed by atoms with Crippen molar-refractivity contribution < 1.29 is 19.7 Å². The number of phenolic OH excluding ortho intramolecular Hbond substituents is 2. The van der Waals surface area contributed by atoms with Gasteiger partial charge >= 0.3 is 0 Å². The number of aromatic hydroxyl groups is 2. The molecule has 2 heterocycles. The van der Waals surface area contributed by atoms with Crippen molar-refractivity contribution >= 4 is 38.9 Å². The van der Waals surface area contributed by atoms with Gasteiger partial charge in [0.2, 0.25) is 0 Å². The van der Waals surface area contributed by atoms with Crippen molar-refractivity contribution in [1.29, 1.82) is 0 Å². The predicted molar refractivity (Wildman–Crippen MR) is 223 cm³/mol. The molecule has 0 radical (unpaired) electrons. The maximum Gasteiger partial charge on any atom is 0.195 e. The first-order chi connectivity index (χ1) is 26.5. The Morgan fingerprint density at radius 2 is 1.24 bits per heavy atom. The Morgan fingerprint density at radius 1 is 0.648 bits per heavy atom. The molecule has 8 rings (SSSR count). The number of likely N-dealkylation sites (tertiary alicyclic amines) is 1. The van der Waals surface area contributed by atoms with E-state index >= 15 is 0 Å². The van der Waals surface area contributed by atoms with Crippen LogP contribution in [-0.4, -0.2) is 47.1 Å². The maximum atomic E-state index is 13.6. The molecule has 1 fully saturated rings. The van der Waals surface area contributed by atoms with Crippen LogP contribution in [0.1, 0.15) is 51.9 Å². The molecule has 0 amide bonds. The van der Waals surface area contributed by atoms with Gasteiger partial charge < -0.3 is 14.9 Å². The summed E-state index contributed by atoms with van der Waals surface area (Å²) >= 11 is 1.46. The smallest absolute Gasteiger partial charge is 0.195 e. The standard InChI is InChI=1S/C28H27NO4S.C20H16/c30-21-8-4-20(5-9-21)28-26(24-13-10-22(31)18-25(24)34-28)27(32)19-6-11-23(12-7-19)33-17-16-29-14-2-1-3-15-29;1-4-10-17(11-5-1)16-20(18-12-6-2-7-13-18)19-14-8-3-9-15-19/h4-13,18,30-31H,1-3,14-17H2;1-16H. The molecule has 7 aromatic rings. The maximum absolute atomic E-state index is 13.6. The van der Waals surface area contributed by atoms with Crippen LogP contribution in [0, 0.1) is 0 Å². The summed E-state index contributed by atoms with van der Waals surface area (Å²) in [5.41, 5.74) is 6.97. The molecule has 270 valence electrons. The average Bonchev–Trinajstić information content (AvgIpc) is 3.60. The van der Waals surface area contributed by atoms with Crippen LogP contribution in [0.4, 0.5) is 0 Å². The molecule has 0 bridgehead atoms. The molecule has 5 nitrogen and oxygen atoms in total. The molecule has 0 aliphatic carbocycles. The van der Waals surface area contributed by atoms with Crippen molar-refractivity contribution in [1.82, 2.24) is 4.90 Å². The summed E-state index contributed by atoms with van der Waals surface area (Å²) < 4.78 is 6.76. The number of carbonyl (C=O) groups excluding carboxylic acids is 1. The van der Waals surface area contributed by atoms with Gasteiger partial charge in [0.1, 0.15) is 23.9 Å². The van der Waals surface area contributed by atoms with Crippen LogP contribution in [0.15, 0.2) is 158 Å². The van der Waals surface area contributed by atoms with Gasteiger partial charge in [0, 0.05) is 32.6 Å². The largest absolute Gasteiger partial charge is 0.508 e. The van der Waals surface area contributed by atoms with Crippen LogP contribution in [-0.2, 0) is 0 Å². The van der Waals surface area contributed by atoms with Gasteiger partial charge in [-0.1, -0.05) is 97.4 Å². The van der Waals surface area contributed by atoms with E-state index in [0.29, 0.717) is 17.7 Å². The quantitative estimate of drug-likeness (QED) is 0.108. The van der Waals surface area contributed by atoms with E-state index in [0.717, 1.165) is 45.9 Å². The molecule has 54 heavy (non-hydrogen) atoms. The first-order valence-electron chi connectivity index (χ1n) is 18.4. The average molecular weight is 730 g/mol. The summed E-state index contributed by atoms with van der Waals surface area (Å²) in [6.45, 7) is 3.85. The van der Waals surface area contributed by atoms with Crippen molar-refractivity contribution in [3.8, 4) is 27.7 Å². The minimum Gasteiger partial charge on any atom is -0.508 e. The molecule has 2 N–H and O–H groups in total. The second-order valence-electron chi connectivity index (χ2n) is 13.3. The summed E-state index contributed by atoms with van der Waals surface area (Å²) in [4.78, 5) is 16.9. The van der Waals surface area contributed by atoms with Crippen molar-refractivity contribution in [2.45, 2.75) is 19.3 Å². The molecular weight excluding hydrogens is 687 g/mol. The number of nitrogens with zero attached hydrogens (tertiary/aromatic N) is 1. The molecular formula is C48H43NO4S. The number of phenols is 2. The number of thiophene rings is 1. The summed E-state index contributed by atoms with van der Waals surface area (Å²) in [6, 6.07) is 50.7. The molecule has 1 aliphatic heterocycles. The van der Waals surface area contributed by atoms with E-state index in [4.69, 9.17) is 4.74 Å². The van der Waals surface area contributed by atoms with E-state index < -0.39 is 0 Å². The molecule has 1 saturated heterocycles. The van der Waals surface area contributed by atoms with Gasteiger partial charge in [-0.05, 0) is 127 Å². The van der Waals surface area contributed by atoms with Crippen molar-refractivity contribution in [2.75, 3.05) is 26.2 Å². The number of rotatable bonds is 10. The zero-order valence-corrected chi connectivity index (χ0v) is 30.9. The van der Waals surface area contributed by atoms with Gasteiger partial charge in [-0.15, -0.1) is 11.3 Å². The number of piperidine rings is 1. The van der Waals surface area contributed by atoms with E-state index in [1.54, 1.807) is 42.5 Å². The van der Waals surface area contributed by atoms with Gasteiger partial charge in [-0.25, -0.2) is 0 Å². The number of benzene rings is 6. The Morgan fingerprint density at radius 3 is 1.87 bits per heavy atom. The zero-order chi connectivity index (χ0) is 37.1. The Hall–Kier alpha value is -5.95. The fraction of sp³-hybridized carbons (Fsp3) is 0.146. The number of carbonyl (C=O) groups is 1. The topological polar surface area (TPSA) is 70.0 Å². The van der Waals surface area contributed by atoms with Gasteiger partial charge in [0.05, 0.1) is 0 Å². The minimum atomic E-state index is -0.0834. The molecule has 0 saturated carbocycles. The Bertz CT molecular complexity index is 2250. The first kappa shape index (κ1) is 36.4. The van der Waals surface area contributed by atoms with Crippen LogP contribution in [0.2, 0.25) is 0 Å². The molecule has 0 unspecified atom stereocenters. The summed E-state index contributed by atoms with van der Waals surface area (Å²) in [6.07, 6.45) is 6.09. The zero-order valence-electron chi connectivity index (χ0n) is 30.1. The fourth-order valence-corrected chi connectivity index (χ4v) is 7.97. The summed E-state index contributed by atoms with van der Waals surface area (Å²) in [5.74, 6) is 1.01. The normalized spacial score (nSPS) is 12.7. The van der Waals surface area contributed by atoms with Gasteiger partial charge in [-0.2, -0.15) is 0 Å². The van der Waals surface area contributed by atoms with E-state index in [1.165, 1.54) is 52.9 Å². The lowest BCUT2D eigenvalue weighted by atomic mass is 9.96. The monoisotopic (exact) mass is 729 g/mol. The highest BCUT2D eigenvalue weighted by atomic mass is 32.1. The molecule has 0 atom stereocenters. The van der Waals surface area contributed by atoms with Crippen LogP contribution >= 0.6 is 11.3 Å². The Kier molecular flexibility index (Phi) is 11.9. The molecule has 0 spiro atoms. The summed E-state index contributed by atoms with van der Waals surface area (Å²) in [5, 5.41) is 20.4. The van der Waals surface area contributed by atoms with Crippen LogP contribution in [0.25, 0.3) is 32.2 Å². The SMILES string of the molecule is C(=C(c1ccccc1)c1ccccc1)c1ccccc1.O=C(c1ccc(OCCN2CCCCC2)cc1)c1c(-c2ccc(O)cc2)sc2cc(O)ccc12. The van der Waals surface area contributed by atoms with Crippen LogP contribution in [0.5, 0.6) is 17.2 Å². The van der Waals surface area contributed by atoms with Crippen molar-refractivity contribution in [2.24, 2.45) is 0 Å². The second-order valence-corrected chi connectivity index (χ2v) is 14.4. The van der Waals surface area contributed by atoms with Crippen molar-refractivity contribution in [3.63, 3.8) is 0 Å². The lowest BCUT2D eigenvalue weighted by molar-refractivity contribution is 0.104. The third kappa shape index (κ3) is 9.15. The molecule has 6 aromatic carbocycles. The Balaban J connectivity index is 0.000000191. The highest BCUT2D eigenvalue weighted by Gasteiger charge is 2.22. The molecule has 1 aliphatic rings. The van der Waals surface area contributed by atoms with Crippen LogP contribution in [0.3, 0.4) is 0 Å². The van der Waals surface area contributed by atoms with Crippen molar-refractivity contribution in [3.05, 3.63) is 186 Å². The highest BCUT2D eigenvalue weighted by Crippen LogP contribution is 2.41. The third-order valence-corrected chi connectivity index (χ3v) is 10.8.